The van der Waals surface area contributed by atoms with Crippen molar-refractivity contribution in [1.29, 1.82) is 0 Å². The Balaban J connectivity index is 2.41. The zero-order valence-corrected chi connectivity index (χ0v) is 9.99. The third kappa shape index (κ3) is 2.50. The lowest BCUT2D eigenvalue weighted by Crippen LogP contribution is -2.04. The Morgan fingerprint density at radius 2 is 2.06 bits per heavy atom. The van der Waals surface area contributed by atoms with Crippen LogP contribution < -0.4 is 4.74 Å². The van der Waals surface area contributed by atoms with Gasteiger partial charge in [0.15, 0.2) is 6.61 Å². The molecular formula is C13H11ClO3. The summed E-state index contributed by atoms with van der Waals surface area (Å²) in [5.41, 5.74) is 0.783. The number of phenols is 1. The zero-order chi connectivity index (χ0) is 12.4. The number of fused-ring (bicyclic) bond motifs is 1. The topological polar surface area (TPSA) is 46.5 Å². The van der Waals surface area contributed by atoms with Gasteiger partial charge in [0.2, 0.25) is 0 Å². The summed E-state index contributed by atoms with van der Waals surface area (Å²) in [6.07, 6.45) is 0. The largest absolute Gasteiger partial charge is 0.508 e. The van der Waals surface area contributed by atoms with Crippen LogP contribution in [0.5, 0.6) is 11.5 Å². The van der Waals surface area contributed by atoms with Crippen LogP contribution in [-0.2, 0) is 4.79 Å². The average Bonchev–Trinajstić information content (AvgIpc) is 2.31. The van der Waals surface area contributed by atoms with Crippen molar-refractivity contribution in [3.05, 3.63) is 35.9 Å². The molecule has 3 nitrogen and oxygen atoms in total. The van der Waals surface area contributed by atoms with Crippen LogP contribution in [0.15, 0.2) is 30.3 Å². The summed E-state index contributed by atoms with van der Waals surface area (Å²) in [6, 6.07) is 8.90. The van der Waals surface area contributed by atoms with Gasteiger partial charge in [-0.2, -0.15) is 0 Å². The van der Waals surface area contributed by atoms with Crippen LogP contribution in [0.3, 0.4) is 0 Å². The van der Waals surface area contributed by atoms with Crippen LogP contribution >= 0.6 is 11.6 Å². The second kappa shape index (κ2) is 4.63. The van der Waals surface area contributed by atoms with Gasteiger partial charge in [-0.05, 0) is 53.1 Å². The Kier molecular flexibility index (Phi) is 3.20. The van der Waals surface area contributed by atoms with E-state index in [0.29, 0.717) is 5.75 Å². The lowest BCUT2D eigenvalue weighted by Gasteiger charge is -2.08. The summed E-state index contributed by atoms with van der Waals surface area (Å²) in [4.78, 5) is 10.6. The fourth-order valence-corrected chi connectivity index (χ4v) is 1.72. The Hall–Kier alpha value is -1.74. The van der Waals surface area contributed by atoms with Crippen molar-refractivity contribution in [1.82, 2.24) is 0 Å². The summed E-state index contributed by atoms with van der Waals surface area (Å²) < 4.78 is 5.21. The molecule has 0 amide bonds. The number of aromatic hydroxyl groups is 1. The van der Waals surface area contributed by atoms with Gasteiger partial charge in [0.05, 0.1) is 0 Å². The summed E-state index contributed by atoms with van der Waals surface area (Å²) in [7, 11) is 0. The summed E-state index contributed by atoms with van der Waals surface area (Å²) in [5, 5.41) is 11.0. The van der Waals surface area contributed by atoms with Crippen molar-refractivity contribution < 1.29 is 14.6 Å². The highest BCUT2D eigenvalue weighted by Crippen LogP contribution is 2.29. The highest BCUT2D eigenvalue weighted by molar-refractivity contribution is 6.63. The van der Waals surface area contributed by atoms with E-state index in [1.165, 1.54) is 0 Å². The van der Waals surface area contributed by atoms with Crippen LogP contribution in [0.2, 0.25) is 0 Å². The lowest BCUT2D eigenvalue weighted by molar-refractivity contribution is -0.113. The van der Waals surface area contributed by atoms with E-state index in [4.69, 9.17) is 16.3 Å². The maximum Gasteiger partial charge on any atom is 0.259 e. The molecule has 2 aromatic rings. The van der Waals surface area contributed by atoms with Crippen LogP contribution in [0.25, 0.3) is 10.8 Å². The Morgan fingerprint density at radius 3 is 2.76 bits per heavy atom. The first-order valence-corrected chi connectivity index (χ1v) is 5.49. The predicted octanol–water partition coefficient (Wildman–Crippen LogP) is 3.00. The van der Waals surface area contributed by atoms with Gasteiger partial charge in [-0.1, -0.05) is 12.1 Å². The van der Waals surface area contributed by atoms with Crippen LogP contribution in [0.1, 0.15) is 5.56 Å². The third-order valence-electron chi connectivity index (χ3n) is 2.59. The molecule has 0 saturated heterocycles. The highest BCUT2D eigenvalue weighted by atomic mass is 35.5. The monoisotopic (exact) mass is 250 g/mol. The molecule has 0 radical (unpaired) electrons. The minimum atomic E-state index is -0.544. The first-order valence-electron chi connectivity index (χ1n) is 5.11. The van der Waals surface area contributed by atoms with Gasteiger partial charge >= 0.3 is 0 Å². The molecule has 2 aromatic carbocycles. The molecular weight excluding hydrogens is 240 g/mol. The molecule has 0 atom stereocenters. The molecule has 0 spiro atoms. The van der Waals surface area contributed by atoms with Gasteiger partial charge in [-0.15, -0.1) is 0 Å². The quantitative estimate of drug-likeness (QED) is 0.852. The fraction of sp³-hybridized carbons (Fsp3) is 0.154. The van der Waals surface area contributed by atoms with E-state index in [2.05, 4.69) is 0 Å². The van der Waals surface area contributed by atoms with Crippen molar-refractivity contribution in [2.45, 2.75) is 6.92 Å². The first-order chi connectivity index (χ1) is 8.08. The smallest absolute Gasteiger partial charge is 0.259 e. The van der Waals surface area contributed by atoms with E-state index in [-0.39, 0.29) is 12.4 Å². The number of benzene rings is 2. The molecule has 0 saturated carbocycles. The molecule has 88 valence electrons. The maximum atomic E-state index is 10.6. The van der Waals surface area contributed by atoms with E-state index in [1.54, 1.807) is 18.2 Å². The molecule has 0 bridgehead atoms. The van der Waals surface area contributed by atoms with Gasteiger partial charge in [-0.3, -0.25) is 4.79 Å². The second-order valence-electron chi connectivity index (χ2n) is 3.74. The van der Waals surface area contributed by atoms with Gasteiger partial charge < -0.3 is 9.84 Å². The van der Waals surface area contributed by atoms with Crippen molar-refractivity contribution in [2.75, 3.05) is 6.61 Å². The molecule has 0 aromatic heterocycles. The molecule has 1 N–H and O–H groups in total. The van der Waals surface area contributed by atoms with Crippen molar-refractivity contribution in [3.8, 4) is 11.5 Å². The minimum Gasteiger partial charge on any atom is -0.508 e. The molecule has 0 fully saturated rings. The number of carbonyl (C=O) groups excluding carboxylic acids is 1. The number of hydrogen-bond donors (Lipinski definition) is 1. The molecule has 0 aliphatic carbocycles. The molecule has 2 rings (SSSR count). The van der Waals surface area contributed by atoms with Gasteiger partial charge in [-0.25, -0.2) is 0 Å². The Labute approximate surface area is 104 Å². The summed E-state index contributed by atoms with van der Waals surface area (Å²) in [5.74, 6) is 0.795. The van der Waals surface area contributed by atoms with Crippen molar-refractivity contribution in [3.63, 3.8) is 0 Å². The van der Waals surface area contributed by atoms with Crippen LogP contribution in [-0.4, -0.2) is 17.0 Å². The molecule has 4 heteroatoms. The van der Waals surface area contributed by atoms with E-state index < -0.39 is 5.24 Å². The zero-order valence-electron chi connectivity index (χ0n) is 9.24. The van der Waals surface area contributed by atoms with E-state index in [1.807, 2.05) is 19.1 Å². The summed E-state index contributed by atoms with van der Waals surface area (Å²) >= 11 is 5.20. The molecule has 17 heavy (non-hydrogen) atoms. The third-order valence-corrected chi connectivity index (χ3v) is 2.70. The number of aryl methyl sites for hydroxylation is 1. The van der Waals surface area contributed by atoms with E-state index in [9.17, 15) is 9.90 Å². The Morgan fingerprint density at radius 1 is 1.35 bits per heavy atom. The van der Waals surface area contributed by atoms with Gasteiger partial charge in [0.1, 0.15) is 11.5 Å². The van der Waals surface area contributed by atoms with Gasteiger partial charge in [0.25, 0.3) is 5.24 Å². The van der Waals surface area contributed by atoms with Gasteiger partial charge in [0, 0.05) is 0 Å². The maximum absolute atomic E-state index is 10.6. The Bertz CT molecular complexity index is 578. The van der Waals surface area contributed by atoms with Crippen LogP contribution in [0.4, 0.5) is 0 Å². The SMILES string of the molecule is Cc1c(O)ccc2ccc(OCC(=O)Cl)cc12. The number of carbonyl (C=O) groups is 1. The number of phenolic OH excluding ortho intramolecular Hbond substituents is 1. The average molecular weight is 251 g/mol. The number of hydrogen-bond acceptors (Lipinski definition) is 3. The normalized spacial score (nSPS) is 10.5. The lowest BCUT2D eigenvalue weighted by atomic mass is 10.0. The van der Waals surface area contributed by atoms with Crippen molar-refractivity contribution >= 4 is 27.6 Å². The number of rotatable bonds is 3. The van der Waals surface area contributed by atoms with Crippen LogP contribution in [0, 0.1) is 6.92 Å². The molecule has 0 aliphatic rings. The first kappa shape index (κ1) is 11.7. The summed E-state index contributed by atoms with van der Waals surface area (Å²) in [6.45, 7) is 1.67. The minimum absolute atomic E-state index is 0.162. The molecule has 0 unspecified atom stereocenters. The van der Waals surface area contributed by atoms with Crippen molar-refractivity contribution in [2.24, 2.45) is 0 Å². The number of ether oxygens (including phenoxy) is 1. The molecule has 0 aliphatic heterocycles. The fourth-order valence-electron chi connectivity index (χ4n) is 1.67. The van der Waals surface area contributed by atoms with E-state index in [0.717, 1.165) is 16.3 Å². The highest BCUT2D eigenvalue weighted by Gasteiger charge is 2.05. The number of halogens is 1. The second-order valence-corrected chi connectivity index (χ2v) is 4.16. The standard InChI is InChI=1S/C13H11ClO3/c1-8-11-6-10(17-7-13(14)16)4-2-9(11)3-5-12(8)15/h2-6,15H,7H2,1H3. The molecule has 0 heterocycles. The van der Waals surface area contributed by atoms with E-state index >= 15 is 0 Å². The predicted molar refractivity (Wildman–Crippen MR) is 66.7 cm³/mol.